The first-order valence-electron chi connectivity index (χ1n) is 5.75. The van der Waals surface area contributed by atoms with E-state index in [1.165, 1.54) is 18.0 Å². The third-order valence-corrected chi connectivity index (χ3v) is 3.05. The van der Waals surface area contributed by atoms with Gasteiger partial charge in [0.05, 0.1) is 6.10 Å². The molecule has 0 spiro atoms. The van der Waals surface area contributed by atoms with E-state index >= 15 is 0 Å². The number of anilines is 1. The fourth-order valence-electron chi connectivity index (χ4n) is 1.72. The molecule has 16 heavy (non-hydrogen) atoms. The van der Waals surface area contributed by atoms with E-state index in [1.807, 2.05) is 0 Å². The van der Waals surface area contributed by atoms with Gasteiger partial charge in [0.1, 0.15) is 5.82 Å². The third-order valence-electron chi connectivity index (χ3n) is 2.38. The molecule has 0 aliphatic carbocycles. The molecule has 0 saturated carbocycles. The Morgan fingerprint density at radius 3 is 2.94 bits per heavy atom. The van der Waals surface area contributed by atoms with Crippen molar-refractivity contribution in [2.45, 2.75) is 51.7 Å². The van der Waals surface area contributed by atoms with Gasteiger partial charge in [-0.25, -0.2) is 4.98 Å². The Morgan fingerprint density at radius 2 is 2.31 bits per heavy atom. The molecule has 1 aliphatic rings. The number of nitrogens with zero attached hydrogens (tertiary/aromatic N) is 2. The van der Waals surface area contributed by atoms with Crippen LogP contribution in [0.15, 0.2) is 0 Å². The van der Waals surface area contributed by atoms with Crippen molar-refractivity contribution < 1.29 is 4.74 Å². The van der Waals surface area contributed by atoms with Crippen molar-refractivity contribution in [2.24, 2.45) is 0 Å². The predicted molar refractivity (Wildman–Crippen MR) is 66.0 cm³/mol. The van der Waals surface area contributed by atoms with Crippen LogP contribution in [-0.4, -0.2) is 27.6 Å². The van der Waals surface area contributed by atoms with E-state index in [4.69, 9.17) is 4.74 Å². The minimum absolute atomic E-state index is 0.0423. The fourth-order valence-corrected chi connectivity index (χ4v) is 2.52. The highest BCUT2D eigenvalue weighted by Crippen LogP contribution is 2.20. The highest BCUT2D eigenvalue weighted by atomic mass is 32.1. The van der Waals surface area contributed by atoms with Gasteiger partial charge in [-0.1, -0.05) is 0 Å². The summed E-state index contributed by atoms with van der Waals surface area (Å²) in [5.41, 5.74) is 0.0423. The number of aromatic nitrogens is 2. The maximum atomic E-state index is 5.57. The molecule has 0 aromatic carbocycles. The van der Waals surface area contributed by atoms with Crippen molar-refractivity contribution in [1.82, 2.24) is 9.36 Å². The zero-order chi connectivity index (χ0) is 11.6. The van der Waals surface area contributed by atoms with Crippen LogP contribution in [0.25, 0.3) is 0 Å². The Bertz CT molecular complexity index is 339. The van der Waals surface area contributed by atoms with Gasteiger partial charge in [-0.15, -0.1) is 0 Å². The highest BCUT2D eigenvalue weighted by molar-refractivity contribution is 7.09. The van der Waals surface area contributed by atoms with Gasteiger partial charge in [0, 0.05) is 30.1 Å². The maximum Gasteiger partial charge on any atom is 0.202 e. The lowest BCUT2D eigenvalue weighted by Gasteiger charge is -2.18. The minimum atomic E-state index is 0.0423. The molecule has 1 unspecified atom stereocenters. The highest BCUT2D eigenvalue weighted by Gasteiger charge is 2.19. The van der Waals surface area contributed by atoms with E-state index in [1.54, 1.807) is 0 Å². The first kappa shape index (κ1) is 11.8. The Balaban J connectivity index is 1.91. The van der Waals surface area contributed by atoms with E-state index in [0.29, 0.717) is 6.10 Å². The SMILES string of the molecule is CC(C)(C)Nc1nc(CC2CCCO2)ns1. The number of hydrogen-bond acceptors (Lipinski definition) is 5. The number of hydrogen-bond donors (Lipinski definition) is 1. The Kier molecular flexibility index (Phi) is 3.44. The van der Waals surface area contributed by atoms with Gasteiger partial charge < -0.3 is 10.1 Å². The lowest BCUT2D eigenvalue weighted by molar-refractivity contribution is 0.110. The summed E-state index contributed by atoms with van der Waals surface area (Å²) in [6, 6.07) is 0. The number of rotatable bonds is 3. The van der Waals surface area contributed by atoms with Gasteiger partial charge in [-0.2, -0.15) is 4.37 Å². The molecule has 0 radical (unpaired) electrons. The molecular weight excluding hydrogens is 222 g/mol. The van der Waals surface area contributed by atoms with Gasteiger partial charge >= 0.3 is 0 Å². The van der Waals surface area contributed by atoms with Gasteiger partial charge in [-0.3, -0.25) is 0 Å². The molecule has 2 rings (SSSR count). The monoisotopic (exact) mass is 241 g/mol. The van der Waals surface area contributed by atoms with Crippen molar-refractivity contribution in [2.75, 3.05) is 11.9 Å². The molecule has 1 saturated heterocycles. The van der Waals surface area contributed by atoms with E-state index < -0.39 is 0 Å². The smallest absolute Gasteiger partial charge is 0.202 e. The first-order chi connectivity index (χ1) is 7.53. The molecule has 1 fully saturated rings. The quantitative estimate of drug-likeness (QED) is 0.883. The van der Waals surface area contributed by atoms with E-state index in [9.17, 15) is 0 Å². The van der Waals surface area contributed by atoms with E-state index in [2.05, 4.69) is 35.4 Å². The van der Waals surface area contributed by atoms with Crippen LogP contribution in [0.3, 0.4) is 0 Å². The summed E-state index contributed by atoms with van der Waals surface area (Å²) in [7, 11) is 0. The van der Waals surface area contributed by atoms with Crippen LogP contribution < -0.4 is 5.32 Å². The van der Waals surface area contributed by atoms with Crippen molar-refractivity contribution in [3.8, 4) is 0 Å². The Labute approximate surface area is 101 Å². The molecule has 5 heteroatoms. The average Bonchev–Trinajstić information content (AvgIpc) is 2.75. The third kappa shape index (κ3) is 3.42. The summed E-state index contributed by atoms with van der Waals surface area (Å²) >= 11 is 1.43. The second-order valence-corrected chi connectivity index (χ2v) is 5.98. The molecule has 1 N–H and O–H groups in total. The standard InChI is InChI=1S/C11H19N3OS/c1-11(2,3)13-10-12-9(14-16-10)7-8-5-4-6-15-8/h8H,4-7H2,1-3H3,(H,12,13,14). The van der Waals surface area contributed by atoms with Crippen LogP contribution in [0, 0.1) is 0 Å². The summed E-state index contributed by atoms with van der Waals surface area (Å²) in [5.74, 6) is 0.906. The minimum Gasteiger partial charge on any atom is -0.378 e. The lowest BCUT2D eigenvalue weighted by Crippen LogP contribution is -2.25. The largest absolute Gasteiger partial charge is 0.378 e. The number of nitrogens with one attached hydrogen (secondary N) is 1. The number of ether oxygens (including phenoxy) is 1. The molecule has 4 nitrogen and oxygen atoms in total. The normalized spacial score (nSPS) is 21.3. The van der Waals surface area contributed by atoms with Crippen LogP contribution in [-0.2, 0) is 11.2 Å². The maximum absolute atomic E-state index is 5.57. The fraction of sp³-hybridized carbons (Fsp3) is 0.818. The molecule has 90 valence electrons. The van der Waals surface area contributed by atoms with Crippen LogP contribution in [0.5, 0.6) is 0 Å². The molecule has 1 atom stereocenters. The summed E-state index contributed by atoms with van der Waals surface area (Å²) in [4.78, 5) is 4.48. The van der Waals surface area contributed by atoms with Crippen LogP contribution in [0.2, 0.25) is 0 Å². The molecule has 1 aromatic rings. The van der Waals surface area contributed by atoms with Gasteiger partial charge in [0.25, 0.3) is 0 Å². The molecule has 1 aromatic heterocycles. The van der Waals surface area contributed by atoms with Gasteiger partial charge in [0.15, 0.2) is 0 Å². The Morgan fingerprint density at radius 1 is 1.50 bits per heavy atom. The lowest BCUT2D eigenvalue weighted by atomic mass is 10.1. The predicted octanol–water partition coefficient (Wildman–Crippen LogP) is 2.47. The summed E-state index contributed by atoms with van der Waals surface area (Å²) in [6.45, 7) is 7.25. The van der Waals surface area contributed by atoms with E-state index in [0.717, 1.165) is 30.4 Å². The molecule has 0 bridgehead atoms. The first-order valence-corrected chi connectivity index (χ1v) is 6.53. The van der Waals surface area contributed by atoms with Crippen LogP contribution in [0.4, 0.5) is 5.13 Å². The second-order valence-electron chi connectivity index (χ2n) is 5.23. The van der Waals surface area contributed by atoms with Gasteiger partial charge in [0.2, 0.25) is 5.13 Å². The van der Waals surface area contributed by atoms with E-state index in [-0.39, 0.29) is 5.54 Å². The molecule has 2 heterocycles. The average molecular weight is 241 g/mol. The summed E-state index contributed by atoms with van der Waals surface area (Å²) in [6.07, 6.45) is 3.49. The molecule has 0 amide bonds. The molecule has 1 aliphatic heterocycles. The van der Waals surface area contributed by atoms with Crippen LogP contribution in [0.1, 0.15) is 39.4 Å². The van der Waals surface area contributed by atoms with Crippen molar-refractivity contribution in [3.63, 3.8) is 0 Å². The zero-order valence-electron chi connectivity index (χ0n) is 10.1. The topological polar surface area (TPSA) is 47.0 Å². The van der Waals surface area contributed by atoms with Crippen molar-refractivity contribution in [1.29, 1.82) is 0 Å². The van der Waals surface area contributed by atoms with Crippen LogP contribution >= 0.6 is 11.5 Å². The Hall–Kier alpha value is -0.680. The summed E-state index contributed by atoms with van der Waals surface area (Å²) in [5, 5.41) is 4.23. The molecular formula is C11H19N3OS. The van der Waals surface area contributed by atoms with Gasteiger partial charge in [-0.05, 0) is 33.6 Å². The zero-order valence-corrected chi connectivity index (χ0v) is 10.9. The second kappa shape index (κ2) is 4.67. The van der Waals surface area contributed by atoms with Crippen molar-refractivity contribution >= 4 is 16.7 Å². The van der Waals surface area contributed by atoms with Crippen molar-refractivity contribution in [3.05, 3.63) is 5.82 Å². The summed E-state index contributed by atoms with van der Waals surface area (Å²) < 4.78 is 9.92.